The number of aryl methyl sites for hydroxylation is 1. The Balaban J connectivity index is 0.00000361. The molecule has 3 aromatic rings. The van der Waals surface area contributed by atoms with Gasteiger partial charge in [-0.3, -0.25) is 0 Å². The van der Waals surface area contributed by atoms with Gasteiger partial charge in [0, 0.05) is 36.5 Å². The number of carboxylic acids is 1. The first kappa shape index (κ1) is 27.9. The van der Waals surface area contributed by atoms with Crippen molar-refractivity contribution < 1.29 is 57.4 Å². The van der Waals surface area contributed by atoms with Crippen LogP contribution >= 0.6 is 0 Å². The number of aliphatic carboxylic acids is 1. The van der Waals surface area contributed by atoms with Gasteiger partial charge in [0.05, 0.1) is 6.54 Å². The van der Waals surface area contributed by atoms with Gasteiger partial charge < -0.3 is 24.9 Å². The number of hydrogen-bond acceptors (Lipinski definition) is 5. The van der Waals surface area contributed by atoms with E-state index in [1.54, 1.807) is 12.1 Å². The molecule has 1 aliphatic rings. The maximum absolute atomic E-state index is 14.3. The average Bonchev–Trinajstić information content (AvgIpc) is 2.84. The number of fused-ring (bicyclic) bond motifs is 1. The molecular formula is C27H26F3N2NaO3. The Morgan fingerprint density at radius 2 is 1.86 bits per heavy atom. The minimum atomic E-state index is -1.21. The van der Waals surface area contributed by atoms with Crippen LogP contribution in [0.15, 0.2) is 54.6 Å². The molecular weight excluding hydrogens is 480 g/mol. The molecule has 0 saturated carbocycles. The Morgan fingerprint density at radius 1 is 1.03 bits per heavy atom. The second kappa shape index (κ2) is 13.0. The van der Waals surface area contributed by atoms with Gasteiger partial charge in [0.25, 0.3) is 0 Å². The summed E-state index contributed by atoms with van der Waals surface area (Å²) in [6, 6.07) is 13.9. The van der Waals surface area contributed by atoms with Crippen LogP contribution in [0.1, 0.15) is 29.5 Å². The van der Waals surface area contributed by atoms with Crippen molar-refractivity contribution in [2.45, 2.75) is 32.2 Å². The zero-order valence-electron chi connectivity index (χ0n) is 20.2. The van der Waals surface area contributed by atoms with Gasteiger partial charge in [-0.2, -0.15) is 0 Å². The van der Waals surface area contributed by atoms with Crippen molar-refractivity contribution in [3.63, 3.8) is 0 Å². The van der Waals surface area contributed by atoms with Crippen LogP contribution in [0.5, 0.6) is 5.75 Å². The van der Waals surface area contributed by atoms with E-state index in [0.717, 1.165) is 48.8 Å². The molecule has 5 nitrogen and oxygen atoms in total. The van der Waals surface area contributed by atoms with Gasteiger partial charge in [0.15, 0.2) is 11.6 Å². The van der Waals surface area contributed by atoms with Gasteiger partial charge in [-0.1, -0.05) is 18.2 Å². The van der Waals surface area contributed by atoms with Crippen molar-refractivity contribution in [2.24, 2.45) is 0 Å². The Bertz CT molecular complexity index is 1210. The van der Waals surface area contributed by atoms with Crippen LogP contribution in [0.4, 0.5) is 24.5 Å². The topological polar surface area (TPSA) is 64.6 Å². The summed E-state index contributed by atoms with van der Waals surface area (Å²) in [5, 5.41) is 13.9. The first-order chi connectivity index (χ1) is 16.9. The van der Waals surface area contributed by atoms with Gasteiger partial charge in [0.2, 0.25) is 0 Å². The number of benzene rings is 3. The first-order valence-corrected chi connectivity index (χ1v) is 11.6. The molecule has 1 N–H and O–H groups in total. The number of nitrogens with zero attached hydrogens (tertiary/aromatic N) is 1. The third-order valence-electron chi connectivity index (χ3n) is 6.09. The molecule has 1 aliphatic heterocycles. The predicted molar refractivity (Wildman–Crippen MR) is 126 cm³/mol. The smallest absolute Gasteiger partial charge is 0.550 e. The van der Waals surface area contributed by atoms with E-state index < -0.39 is 23.4 Å². The summed E-state index contributed by atoms with van der Waals surface area (Å²) in [4.78, 5) is 12.8. The molecule has 0 aromatic heterocycles. The number of rotatable bonds is 10. The molecule has 36 heavy (non-hydrogen) atoms. The molecule has 0 bridgehead atoms. The largest absolute Gasteiger partial charge is 1.00 e. The van der Waals surface area contributed by atoms with Crippen LogP contribution in [0.2, 0.25) is 0 Å². The SMILES string of the molecule is O=C([O-])CCc1ccc(NCc2cccc3c2CCCN3CCOc2cc(F)ccc2F)cc1F.[Na+]. The number of halogens is 3. The number of carbonyl (C=O) groups excluding carboxylic acids is 1. The van der Waals surface area contributed by atoms with E-state index >= 15 is 0 Å². The number of nitrogens with one attached hydrogen (secondary N) is 1. The maximum Gasteiger partial charge on any atom is 1.00 e. The molecule has 0 spiro atoms. The summed E-state index contributed by atoms with van der Waals surface area (Å²) < 4.78 is 47.0. The minimum absolute atomic E-state index is 0. The fourth-order valence-electron chi connectivity index (χ4n) is 4.32. The maximum atomic E-state index is 14.3. The molecule has 0 aliphatic carbocycles. The molecule has 0 fully saturated rings. The number of carboxylic acid groups (broad SMARTS) is 1. The van der Waals surface area contributed by atoms with Gasteiger partial charge in [-0.25, -0.2) is 13.2 Å². The van der Waals surface area contributed by atoms with E-state index in [4.69, 9.17) is 4.74 Å². The molecule has 0 saturated heterocycles. The molecule has 0 atom stereocenters. The van der Waals surface area contributed by atoms with E-state index in [-0.39, 0.29) is 54.8 Å². The van der Waals surface area contributed by atoms with Crippen LogP contribution in [-0.2, 0) is 24.2 Å². The summed E-state index contributed by atoms with van der Waals surface area (Å²) in [6.45, 7) is 2.07. The van der Waals surface area contributed by atoms with Crippen LogP contribution < -0.4 is 49.6 Å². The third-order valence-corrected chi connectivity index (χ3v) is 6.09. The third kappa shape index (κ3) is 7.18. The second-order valence-corrected chi connectivity index (χ2v) is 8.46. The molecule has 0 amide bonds. The molecule has 0 unspecified atom stereocenters. The molecule has 4 rings (SSSR count). The number of hydrogen-bond donors (Lipinski definition) is 1. The van der Waals surface area contributed by atoms with E-state index in [2.05, 4.69) is 10.2 Å². The molecule has 1 heterocycles. The van der Waals surface area contributed by atoms with Gasteiger partial charge in [-0.05, 0) is 72.7 Å². The molecule has 3 aromatic carbocycles. The minimum Gasteiger partial charge on any atom is -0.550 e. The number of anilines is 2. The van der Waals surface area contributed by atoms with Gasteiger partial charge in [0.1, 0.15) is 18.2 Å². The van der Waals surface area contributed by atoms with E-state index in [1.807, 2.05) is 18.2 Å². The van der Waals surface area contributed by atoms with Crippen LogP contribution in [0, 0.1) is 17.5 Å². The summed E-state index contributed by atoms with van der Waals surface area (Å²) in [5.74, 6) is -2.90. The number of ether oxygens (including phenoxy) is 1. The first-order valence-electron chi connectivity index (χ1n) is 11.6. The van der Waals surface area contributed by atoms with Gasteiger partial charge in [-0.15, -0.1) is 0 Å². The van der Waals surface area contributed by atoms with Crippen LogP contribution in [0.3, 0.4) is 0 Å². The zero-order valence-corrected chi connectivity index (χ0v) is 22.2. The number of carbonyl (C=O) groups is 1. The van der Waals surface area contributed by atoms with Gasteiger partial charge >= 0.3 is 29.6 Å². The van der Waals surface area contributed by atoms with E-state index in [1.165, 1.54) is 11.6 Å². The summed E-state index contributed by atoms with van der Waals surface area (Å²) in [5.41, 5.74) is 4.30. The van der Waals surface area contributed by atoms with Crippen molar-refractivity contribution in [3.8, 4) is 5.75 Å². The van der Waals surface area contributed by atoms with Crippen molar-refractivity contribution in [2.75, 3.05) is 29.9 Å². The molecule has 0 radical (unpaired) electrons. The van der Waals surface area contributed by atoms with Crippen LogP contribution in [0.25, 0.3) is 0 Å². The quantitative estimate of drug-likeness (QED) is 0.420. The normalized spacial score (nSPS) is 12.5. The van der Waals surface area contributed by atoms with Crippen molar-refractivity contribution in [3.05, 3.63) is 88.7 Å². The van der Waals surface area contributed by atoms with Crippen molar-refractivity contribution >= 4 is 17.3 Å². The van der Waals surface area contributed by atoms with Crippen molar-refractivity contribution in [1.29, 1.82) is 0 Å². The van der Waals surface area contributed by atoms with Crippen LogP contribution in [-0.4, -0.2) is 25.7 Å². The standard InChI is InChI=1S/C27H27F3N2O3.Na/c28-20-8-10-23(29)26(15-20)35-14-13-32-12-2-4-22-19(3-1-5-25(22)32)17-31-21-9-6-18(24(30)16-21)7-11-27(33)34;/h1,3,5-6,8-10,15-16,31H,2,4,7,11-14,17H2,(H,33,34);/q;+1/p-1. The monoisotopic (exact) mass is 506 g/mol. The molecule has 9 heteroatoms. The molecule has 184 valence electrons. The Kier molecular flexibility index (Phi) is 10.1. The Labute approximate surface area is 230 Å². The predicted octanol–water partition coefficient (Wildman–Crippen LogP) is 1.23. The van der Waals surface area contributed by atoms with Crippen molar-refractivity contribution in [1.82, 2.24) is 0 Å². The second-order valence-electron chi connectivity index (χ2n) is 8.46. The fourth-order valence-corrected chi connectivity index (χ4v) is 4.32. The average molecular weight is 507 g/mol. The summed E-state index contributed by atoms with van der Waals surface area (Å²) in [6.07, 6.45) is 1.71. The van der Waals surface area contributed by atoms with E-state index in [0.29, 0.717) is 24.3 Å². The summed E-state index contributed by atoms with van der Waals surface area (Å²) in [7, 11) is 0. The summed E-state index contributed by atoms with van der Waals surface area (Å²) >= 11 is 0. The Morgan fingerprint density at radius 3 is 2.64 bits per heavy atom. The van der Waals surface area contributed by atoms with E-state index in [9.17, 15) is 23.1 Å². The Hall–Kier alpha value is -2.68. The fraction of sp³-hybridized carbons (Fsp3) is 0.296. The zero-order chi connectivity index (χ0) is 24.8.